The predicted octanol–water partition coefficient (Wildman–Crippen LogP) is 4.19. The SMILES string of the molecule is CN(C(=O)c1ccc(Br)c(F)c1F)[C@@H]1COCc2[nH]c(=O)c3cc(F)c(F)cc3c21. The number of pyridine rings is 1. The molecule has 1 aliphatic rings. The summed E-state index contributed by atoms with van der Waals surface area (Å²) < 4.78 is 61.1. The normalized spacial score (nSPS) is 15.9. The molecule has 0 fully saturated rings. The van der Waals surface area contributed by atoms with Crippen LogP contribution in [0.1, 0.15) is 27.7 Å². The number of carbonyl (C=O) groups is 1. The molecule has 10 heteroatoms. The van der Waals surface area contributed by atoms with E-state index in [9.17, 15) is 27.2 Å². The minimum Gasteiger partial charge on any atom is -0.373 e. The van der Waals surface area contributed by atoms with Crippen molar-refractivity contribution in [3.05, 3.63) is 79.2 Å². The number of rotatable bonds is 2. The number of aromatic nitrogens is 1. The molecule has 0 radical (unpaired) electrons. The van der Waals surface area contributed by atoms with E-state index in [0.717, 1.165) is 23.1 Å². The van der Waals surface area contributed by atoms with E-state index in [1.165, 1.54) is 13.1 Å². The molecule has 1 amide bonds. The molecule has 3 aromatic rings. The van der Waals surface area contributed by atoms with E-state index in [2.05, 4.69) is 20.9 Å². The van der Waals surface area contributed by atoms with Crippen LogP contribution in [0.25, 0.3) is 10.8 Å². The van der Waals surface area contributed by atoms with E-state index in [-0.39, 0.29) is 34.2 Å². The van der Waals surface area contributed by atoms with Gasteiger partial charge in [0.25, 0.3) is 11.5 Å². The summed E-state index contributed by atoms with van der Waals surface area (Å²) >= 11 is 2.85. The summed E-state index contributed by atoms with van der Waals surface area (Å²) in [6.45, 7) is -0.0602. The average molecular weight is 485 g/mol. The molecule has 0 bridgehead atoms. The number of halogens is 5. The minimum absolute atomic E-state index is 0.0146. The molecule has 0 spiro atoms. The lowest BCUT2D eigenvalue weighted by Gasteiger charge is -2.34. The zero-order chi connectivity index (χ0) is 21.7. The topological polar surface area (TPSA) is 62.4 Å². The van der Waals surface area contributed by atoms with Gasteiger partial charge in [0.2, 0.25) is 0 Å². The molecular weight excluding hydrogens is 472 g/mol. The summed E-state index contributed by atoms with van der Waals surface area (Å²) in [5, 5.41) is 0.0179. The number of hydrogen-bond donors (Lipinski definition) is 1. The Bertz CT molecular complexity index is 1260. The van der Waals surface area contributed by atoms with Crippen LogP contribution in [0.15, 0.2) is 33.5 Å². The van der Waals surface area contributed by atoms with Gasteiger partial charge in [0.15, 0.2) is 23.3 Å². The number of aromatic amines is 1. The Balaban J connectivity index is 1.86. The highest BCUT2D eigenvalue weighted by Gasteiger charge is 2.32. The fourth-order valence-corrected chi connectivity index (χ4v) is 3.88. The van der Waals surface area contributed by atoms with Crippen molar-refractivity contribution in [1.82, 2.24) is 9.88 Å². The van der Waals surface area contributed by atoms with Crippen LogP contribution in [0.4, 0.5) is 17.6 Å². The van der Waals surface area contributed by atoms with Crippen LogP contribution in [0.3, 0.4) is 0 Å². The second-order valence-electron chi connectivity index (χ2n) is 6.83. The monoisotopic (exact) mass is 484 g/mol. The molecule has 0 saturated carbocycles. The van der Waals surface area contributed by atoms with Gasteiger partial charge in [0.1, 0.15) is 0 Å². The Labute approximate surface area is 175 Å². The smallest absolute Gasteiger partial charge is 0.257 e. The molecule has 156 valence electrons. The number of amides is 1. The fourth-order valence-electron chi connectivity index (χ4n) is 3.57. The lowest BCUT2D eigenvalue weighted by molar-refractivity contribution is 0.0332. The summed E-state index contributed by atoms with van der Waals surface area (Å²) in [5.41, 5.74) is -0.501. The second-order valence-corrected chi connectivity index (χ2v) is 7.68. The number of likely N-dealkylation sites (N-methyl/N-ethyl adjacent to an activating group) is 1. The molecule has 0 aliphatic carbocycles. The van der Waals surface area contributed by atoms with Crippen LogP contribution in [0.5, 0.6) is 0 Å². The largest absolute Gasteiger partial charge is 0.373 e. The van der Waals surface area contributed by atoms with E-state index >= 15 is 0 Å². The Morgan fingerprint density at radius 3 is 2.50 bits per heavy atom. The van der Waals surface area contributed by atoms with Gasteiger partial charge in [-0.15, -0.1) is 0 Å². The number of ether oxygens (including phenoxy) is 1. The summed E-state index contributed by atoms with van der Waals surface area (Å²) in [4.78, 5) is 28.9. The quantitative estimate of drug-likeness (QED) is 0.438. The van der Waals surface area contributed by atoms with Gasteiger partial charge in [-0.25, -0.2) is 17.6 Å². The van der Waals surface area contributed by atoms with Gasteiger partial charge < -0.3 is 14.6 Å². The molecule has 2 aromatic carbocycles. The third-order valence-electron chi connectivity index (χ3n) is 5.09. The highest BCUT2D eigenvalue weighted by atomic mass is 79.9. The number of hydrogen-bond acceptors (Lipinski definition) is 3. The third kappa shape index (κ3) is 3.20. The van der Waals surface area contributed by atoms with Crippen LogP contribution in [-0.2, 0) is 11.3 Å². The lowest BCUT2D eigenvalue weighted by Crippen LogP contribution is -2.38. The Morgan fingerprint density at radius 2 is 1.80 bits per heavy atom. The summed E-state index contributed by atoms with van der Waals surface area (Å²) in [7, 11) is 1.35. The van der Waals surface area contributed by atoms with E-state index in [1.807, 2.05) is 0 Å². The van der Waals surface area contributed by atoms with Crippen molar-refractivity contribution in [3.63, 3.8) is 0 Å². The van der Waals surface area contributed by atoms with Crippen LogP contribution < -0.4 is 5.56 Å². The lowest BCUT2D eigenvalue weighted by atomic mass is 9.95. The number of carbonyl (C=O) groups excluding carboxylic acids is 1. The van der Waals surface area contributed by atoms with E-state index < -0.39 is 46.3 Å². The molecular formula is C20H13BrF4N2O3. The van der Waals surface area contributed by atoms with Gasteiger partial charge in [-0.05, 0) is 45.6 Å². The van der Waals surface area contributed by atoms with Gasteiger partial charge in [-0.3, -0.25) is 9.59 Å². The van der Waals surface area contributed by atoms with Crippen molar-refractivity contribution in [1.29, 1.82) is 0 Å². The number of H-pyrrole nitrogens is 1. The Kier molecular flexibility index (Phi) is 5.15. The summed E-state index contributed by atoms with van der Waals surface area (Å²) in [6.07, 6.45) is 0. The van der Waals surface area contributed by atoms with Crippen molar-refractivity contribution in [2.24, 2.45) is 0 Å². The molecule has 30 heavy (non-hydrogen) atoms. The molecule has 2 heterocycles. The Hall–Kier alpha value is -2.72. The Morgan fingerprint density at radius 1 is 1.13 bits per heavy atom. The van der Waals surface area contributed by atoms with Crippen LogP contribution >= 0.6 is 15.9 Å². The van der Waals surface area contributed by atoms with Gasteiger partial charge in [0.05, 0.1) is 34.7 Å². The van der Waals surface area contributed by atoms with E-state index in [0.29, 0.717) is 5.56 Å². The number of nitrogens with zero attached hydrogens (tertiary/aromatic N) is 1. The maximum Gasteiger partial charge on any atom is 0.257 e. The minimum atomic E-state index is -1.32. The average Bonchev–Trinajstić information content (AvgIpc) is 2.72. The molecule has 1 N–H and O–H groups in total. The van der Waals surface area contributed by atoms with Crippen molar-refractivity contribution < 1.29 is 27.1 Å². The van der Waals surface area contributed by atoms with Crippen LogP contribution in [0.2, 0.25) is 0 Å². The van der Waals surface area contributed by atoms with Gasteiger partial charge in [-0.1, -0.05) is 0 Å². The van der Waals surface area contributed by atoms with Crippen LogP contribution in [-0.4, -0.2) is 29.4 Å². The number of benzene rings is 2. The molecule has 1 aliphatic heterocycles. The first-order valence-corrected chi connectivity index (χ1v) is 9.52. The first kappa shape index (κ1) is 20.5. The molecule has 1 aromatic heterocycles. The van der Waals surface area contributed by atoms with Crippen molar-refractivity contribution in [2.45, 2.75) is 12.6 Å². The van der Waals surface area contributed by atoms with Gasteiger partial charge in [-0.2, -0.15) is 0 Å². The maximum absolute atomic E-state index is 14.3. The zero-order valence-corrected chi connectivity index (χ0v) is 16.9. The van der Waals surface area contributed by atoms with Gasteiger partial charge >= 0.3 is 0 Å². The second kappa shape index (κ2) is 7.51. The van der Waals surface area contributed by atoms with Crippen molar-refractivity contribution >= 4 is 32.6 Å². The molecule has 0 saturated heterocycles. The molecule has 4 rings (SSSR count). The number of nitrogens with one attached hydrogen (secondary N) is 1. The summed E-state index contributed by atoms with van der Waals surface area (Å²) in [6, 6.07) is 3.13. The molecule has 0 unspecified atom stereocenters. The van der Waals surface area contributed by atoms with Crippen molar-refractivity contribution in [3.8, 4) is 0 Å². The third-order valence-corrected chi connectivity index (χ3v) is 5.71. The first-order chi connectivity index (χ1) is 14.2. The number of fused-ring (bicyclic) bond motifs is 3. The standard InChI is InChI=1S/C20H13BrF4N2O3/c1-27(20(29)8-2-3-11(21)18(25)17(8)24)15-7-30-6-14-16(15)9-4-12(22)13(23)5-10(9)19(28)26-14/h2-5,15H,6-7H2,1H3,(H,26,28)/t15-/m1/s1. The molecule has 5 nitrogen and oxygen atoms in total. The van der Waals surface area contributed by atoms with Crippen molar-refractivity contribution in [2.75, 3.05) is 13.7 Å². The van der Waals surface area contributed by atoms with Gasteiger partial charge in [0, 0.05) is 18.3 Å². The fraction of sp³-hybridized carbons (Fsp3) is 0.200. The maximum atomic E-state index is 14.3. The summed E-state index contributed by atoms with van der Waals surface area (Å²) in [5.74, 6) is -5.72. The zero-order valence-electron chi connectivity index (χ0n) is 15.4. The molecule has 1 atom stereocenters. The predicted molar refractivity (Wildman–Crippen MR) is 103 cm³/mol. The van der Waals surface area contributed by atoms with E-state index in [4.69, 9.17) is 4.74 Å². The highest BCUT2D eigenvalue weighted by molar-refractivity contribution is 9.10. The first-order valence-electron chi connectivity index (χ1n) is 8.73. The van der Waals surface area contributed by atoms with Crippen LogP contribution in [0, 0.1) is 23.3 Å². The van der Waals surface area contributed by atoms with E-state index in [1.54, 1.807) is 0 Å². The highest BCUT2D eigenvalue weighted by Crippen LogP contribution is 2.34.